The number of carbonyl (C=O) groups is 1. The highest BCUT2D eigenvalue weighted by molar-refractivity contribution is 5.83. The standard InChI is InChI=1S/C23H36O2/c1-7-17-25-23(24)18-22(6)16-10-15-21(5)14-9-13-20(4)12-8-11-19(2)3/h10-11,13,15-16,18H,7-9,12,14,17H2,1-6H3. The highest BCUT2D eigenvalue weighted by atomic mass is 16.5. The summed E-state index contributed by atoms with van der Waals surface area (Å²) in [5.41, 5.74) is 5.10. The third-order valence-electron chi connectivity index (χ3n) is 3.66. The summed E-state index contributed by atoms with van der Waals surface area (Å²) >= 11 is 0. The molecule has 0 bridgehead atoms. The van der Waals surface area contributed by atoms with Crippen molar-refractivity contribution < 1.29 is 9.53 Å². The van der Waals surface area contributed by atoms with Gasteiger partial charge in [-0.25, -0.2) is 4.79 Å². The van der Waals surface area contributed by atoms with Crippen molar-refractivity contribution >= 4 is 5.97 Å². The lowest BCUT2D eigenvalue weighted by atomic mass is 10.1. The molecular weight excluding hydrogens is 308 g/mol. The number of hydrogen-bond acceptors (Lipinski definition) is 2. The molecule has 2 nitrogen and oxygen atoms in total. The molecule has 2 heteroatoms. The first-order valence-electron chi connectivity index (χ1n) is 9.33. The van der Waals surface area contributed by atoms with Crippen molar-refractivity contribution in [1.29, 1.82) is 0 Å². The highest BCUT2D eigenvalue weighted by Crippen LogP contribution is 2.11. The zero-order valence-electron chi connectivity index (χ0n) is 17.0. The van der Waals surface area contributed by atoms with Gasteiger partial charge >= 0.3 is 5.97 Å². The second kappa shape index (κ2) is 14.5. The summed E-state index contributed by atoms with van der Waals surface area (Å²) in [7, 11) is 0. The largest absolute Gasteiger partial charge is 0.463 e. The topological polar surface area (TPSA) is 26.3 Å². The van der Waals surface area contributed by atoms with E-state index in [2.05, 4.69) is 45.9 Å². The predicted molar refractivity (Wildman–Crippen MR) is 110 cm³/mol. The fourth-order valence-corrected chi connectivity index (χ4v) is 2.16. The van der Waals surface area contributed by atoms with Crippen LogP contribution in [0.4, 0.5) is 0 Å². The van der Waals surface area contributed by atoms with E-state index in [0.29, 0.717) is 6.61 Å². The van der Waals surface area contributed by atoms with E-state index in [1.807, 2.05) is 26.0 Å². The molecule has 0 aromatic carbocycles. The summed E-state index contributed by atoms with van der Waals surface area (Å²) in [6.45, 7) is 13.0. The Morgan fingerprint density at radius 2 is 1.56 bits per heavy atom. The van der Waals surface area contributed by atoms with Crippen LogP contribution < -0.4 is 0 Å². The monoisotopic (exact) mass is 344 g/mol. The number of allylic oxidation sites excluding steroid dienone is 9. The molecule has 0 atom stereocenters. The van der Waals surface area contributed by atoms with Crippen molar-refractivity contribution in [1.82, 2.24) is 0 Å². The normalized spacial score (nSPS) is 13.3. The Bertz CT molecular complexity index is 538. The van der Waals surface area contributed by atoms with Crippen molar-refractivity contribution in [3.63, 3.8) is 0 Å². The van der Waals surface area contributed by atoms with E-state index in [0.717, 1.165) is 37.7 Å². The number of esters is 1. The molecule has 0 radical (unpaired) electrons. The zero-order chi connectivity index (χ0) is 19.1. The molecule has 0 spiro atoms. The second-order valence-electron chi connectivity index (χ2n) is 6.84. The first-order chi connectivity index (χ1) is 11.8. The fourth-order valence-electron chi connectivity index (χ4n) is 2.16. The van der Waals surface area contributed by atoms with Crippen molar-refractivity contribution in [3.8, 4) is 0 Å². The van der Waals surface area contributed by atoms with Crippen molar-refractivity contribution in [2.45, 2.75) is 73.6 Å². The minimum Gasteiger partial charge on any atom is -0.463 e. The number of rotatable bonds is 11. The molecule has 0 aliphatic heterocycles. The molecule has 0 fully saturated rings. The smallest absolute Gasteiger partial charge is 0.331 e. The van der Waals surface area contributed by atoms with Gasteiger partial charge in [0.25, 0.3) is 0 Å². The van der Waals surface area contributed by atoms with Gasteiger partial charge in [-0.1, -0.05) is 54.0 Å². The highest BCUT2D eigenvalue weighted by Gasteiger charge is 1.96. The lowest BCUT2D eigenvalue weighted by molar-refractivity contribution is -0.137. The van der Waals surface area contributed by atoms with Gasteiger partial charge in [0.05, 0.1) is 6.61 Å². The summed E-state index contributed by atoms with van der Waals surface area (Å²) in [5, 5.41) is 0. The van der Waals surface area contributed by atoms with Crippen LogP contribution in [0.3, 0.4) is 0 Å². The Labute approximate surface area is 155 Å². The maximum Gasteiger partial charge on any atom is 0.331 e. The number of hydrogen-bond donors (Lipinski definition) is 0. The molecule has 0 heterocycles. The van der Waals surface area contributed by atoms with E-state index in [4.69, 9.17) is 4.74 Å². The predicted octanol–water partition coefficient (Wildman–Crippen LogP) is 6.86. The first kappa shape index (κ1) is 23.2. The van der Waals surface area contributed by atoms with Crippen LogP contribution in [0.15, 0.2) is 58.7 Å². The van der Waals surface area contributed by atoms with E-state index < -0.39 is 0 Å². The third kappa shape index (κ3) is 15.4. The van der Waals surface area contributed by atoms with Gasteiger partial charge in [0.15, 0.2) is 0 Å². The first-order valence-corrected chi connectivity index (χ1v) is 9.33. The minimum atomic E-state index is -0.265. The molecule has 0 aliphatic rings. The van der Waals surface area contributed by atoms with Crippen LogP contribution in [0, 0.1) is 0 Å². The van der Waals surface area contributed by atoms with Crippen LogP contribution in [0.2, 0.25) is 0 Å². The lowest BCUT2D eigenvalue weighted by Crippen LogP contribution is -2.01. The molecule has 0 aromatic heterocycles. The maximum atomic E-state index is 11.5. The zero-order valence-corrected chi connectivity index (χ0v) is 17.0. The van der Waals surface area contributed by atoms with Crippen molar-refractivity contribution in [2.75, 3.05) is 6.61 Å². The van der Waals surface area contributed by atoms with Crippen molar-refractivity contribution in [2.24, 2.45) is 0 Å². The summed E-state index contributed by atoms with van der Waals surface area (Å²) < 4.78 is 5.03. The molecule has 0 aromatic rings. The molecule has 0 unspecified atom stereocenters. The van der Waals surface area contributed by atoms with Gasteiger partial charge < -0.3 is 4.74 Å². The molecular formula is C23H36O2. The van der Waals surface area contributed by atoms with E-state index in [1.165, 1.54) is 22.8 Å². The van der Waals surface area contributed by atoms with E-state index >= 15 is 0 Å². The Morgan fingerprint density at radius 3 is 2.20 bits per heavy atom. The average molecular weight is 345 g/mol. The average Bonchev–Trinajstić information content (AvgIpc) is 2.52. The van der Waals surface area contributed by atoms with Gasteiger partial charge in [-0.3, -0.25) is 0 Å². The number of ether oxygens (including phenoxy) is 1. The van der Waals surface area contributed by atoms with Crippen LogP contribution in [-0.4, -0.2) is 12.6 Å². The molecule has 0 rings (SSSR count). The molecule has 0 saturated carbocycles. The summed E-state index contributed by atoms with van der Waals surface area (Å²) in [6.07, 6.45) is 17.5. The van der Waals surface area contributed by atoms with Crippen LogP contribution in [-0.2, 0) is 9.53 Å². The summed E-state index contributed by atoms with van der Waals surface area (Å²) in [4.78, 5) is 11.5. The number of carbonyl (C=O) groups excluding carboxylic acids is 1. The Morgan fingerprint density at radius 1 is 0.920 bits per heavy atom. The summed E-state index contributed by atoms with van der Waals surface area (Å²) in [5.74, 6) is -0.265. The Hall–Kier alpha value is -1.83. The molecule has 0 saturated heterocycles. The van der Waals surface area contributed by atoms with Gasteiger partial charge in [-0.15, -0.1) is 0 Å². The van der Waals surface area contributed by atoms with Crippen LogP contribution >= 0.6 is 0 Å². The quantitative estimate of drug-likeness (QED) is 0.177. The second-order valence-corrected chi connectivity index (χ2v) is 6.84. The molecule has 0 aliphatic carbocycles. The Kier molecular flexibility index (Phi) is 13.4. The minimum absolute atomic E-state index is 0.265. The van der Waals surface area contributed by atoms with Crippen LogP contribution in [0.1, 0.15) is 73.6 Å². The molecule has 25 heavy (non-hydrogen) atoms. The SMILES string of the molecule is CCCOC(=O)C=C(C)C=CC=C(C)CCC=C(C)CCC=C(C)C. The van der Waals surface area contributed by atoms with Gasteiger partial charge in [0, 0.05) is 6.08 Å². The molecule has 0 amide bonds. The lowest BCUT2D eigenvalue weighted by Gasteiger charge is -2.01. The fraction of sp³-hybridized carbons (Fsp3) is 0.522. The van der Waals surface area contributed by atoms with Gasteiger partial charge in [0.1, 0.15) is 0 Å². The van der Waals surface area contributed by atoms with E-state index in [9.17, 15) is 4.79 Å². The van der Waals surface area contributed by atoms with Crippen molar-refractivity contribution in [3.05, 3.63) is 58.7 Å². The van der Waals surface area contributed by atoms with Gasteiger partial charge in [0.2, 0.25) is 0 Å². The van der Waals surface area contributed by atoms with Crippen LogP contribution in [0.25, 0.3) is 0 Å². The van der Waals surface area contributed by atoms with E-state index in [1.54, 1.807) is 0 Å². The molecule has 0 N–H and O–H groups in total. The van der Waals surface area contributed by atoms with Gasteiger partial charge in [-0.05, 0) is 72.3 Å². The molecule has 140 valence electrons. The third-order valence-corrected chi connectivity index (χ3v) is 3.66. The Balaban J connectivity index is 4.25. The van der Waals surface area contributed by atoms with Crippen LogP contribution in [0.5, 0.6) is 0 Å². The maximum absolute atomic E-state index is 11.5. The van der Waals surface area contributed by atoms with E-state index in [-0.39, 0.29) is 5.97 Å². The summed E-state index contributed by atoms with van der Waals surface area (Å²) in [6, 6.07) is 0. The van der Waals surface area contributed by atoms with Gasteiger partial charge in [-0.2, -0.15) is 0 Å².